The van der Waals surface area contributed by atoms with Gasteiger partial charge in [-0.15, -0.1) is 11.3 Å². The molecule has 2 aromatic carbocycles. The Morgan fingerprint density at radius 2 is 1.76 bits per heavy atom. The summed E-state index contributed by atoms with van der Waals surface area (Å²) in [4.78, 5) is 18.1. The lowest BCUT2D eigenvalue weighted by Gasteiger charge is -2.31. The summed E-state index contributed by atoms with van der Waals surface area (Å²) in [7, 11) is 0. The number of aliphatic imine (C=N–C) groups is 1. The number of aryl methyl sites for hydroxylation is 1. The fourth-order valence-electron chi connectivity index (χ4n) is 4.12. The zero-order valence-corrected chi connectivity index (χ0v) is 20.9. The van der Waals surface area contributed by atoms with E-state index >= 15 is 0 Å². The van der Waals surface area contributed by atoms with Crippen LogP contribution in [0.1, 0.15) is 60.7 Å². The van der Waals surface area contributed by atoms with E-state index in [0.717, 1.165) is 39.0 Å². The molecule has 0 saturated carbocycles. The van der Waals surface area contributed by atoms with E-state index < -0.39 is 16.9 Å². The third-order valence-corrected chi connectivity index (χ3v) is 7.22. The van der Waals surface area contributed by atoms with E-state index in [0.29, 0.717) is 11.4 Å². The lowest BCUT2D eigenvalue weighted by molar-refractivity contribution is -0.110. The summed E-state index contributed by atoms with van der Waals surface area (Å²) in [5, 5.41) is 20.8. The summed E-state index contributed by atoms with van der Waals surface area (Å²) in [5.74, 6) is -0.196. The van der Waals surface area contributed by atoms with Crippen molar-refractivity contribution in [1.29, 1.82) is 10.5 Å². The second kappa shape index (κ2) is 9.63. The highest BCUT2D eigenvalue weighted by molar-refractivity contribution is 7.10. The Hall–Kier alpha value is -3.74. The van der Waals surface area contributed by atoms with Crippen LogP contribution in [0.3, 0.4) is 0 Å². The van der Waals surface area contributed by atoms with Crippen LogP contribution in [0.2, 0.25) is 0 Å². The van der Waals surface area contributed by atoms with E-state index in [1.807, 2.05) is 81.6 Å². The number of amidine groups is 1. The molecule has 5 nitrogen and oxygen atoms in total. The number of nitriles is 2. The molecule has 1 heterocycles. The fourth-order valence-corrected chi connectivity index (χ4v) is 5.18. The van der Waals surface area contributed by atoms with Crippen molar-refractivity contribution >= 4 is 23.5 Å². The Morgan fingerprint density at radius 3 is 2.32 bits per heavy atom. The van der Waals surface area contributed by atoms with Gasteiger partial charge in [0, 0.05) is 4.88 Å². The maximum absolute atomic E-state index is 12.5. The Balaban J connectivity index is 2.10. The molecule has 0 aliphatic heterocycles. The molecule has 0 aliphatic rings. The highest BCUT2D eigenvalue weighted by Gasteiger charge is 2.38. The number of hydrogen-bond donors (Lipinski definition) is 1. The first-order valence-electron chi connectivity index (χ1n) is 10.9. The van der Waals surface area contributed by atoms with Crippen LogP contribution in [0.15, 0.2) is 58.9 Å². The number of carbonyl (C=O) groups excluding carboxylic acids is 1. The highest BCUT2D eigenvalue weighted by Crippen LogP contribution is 2.44. The molecule has 2 atom stereocenters. The van der Waals surface area contributed by atoms with Crippen LogP contribution in [-0.4, -0.2) is 12.1 Å². The SMILES string of the molecule is CC(N)=NC(C)(c1cc(-c2cc(C)cc(C#N)c2)cs1)C(C=O)c1ccc(C(C)(C)C#N)cc1. The van der Waals surface area contributed by atoms with Crippen LogP contribution in [0, 0.1) is 29.6 Å². The number of aldehydes is 1. The van der Waals surface area contributed by atoms with E-state index in [-0.39, 0.29) is 0 Å². The molecule has 0 amide bonds. The predicted octanol–water partition coefficient (Wildman–Crippen LogP) is 5.97. The van der Waals surface area contributed by atoms with Crippen molar-refractivity contribution in [3.8, 4) is 23.3 Å². The molecule has 0 saturated heterocycles. The third-order valence-electron chi connectivity index (χ3n) is 6.06. The van der Waals surface area contributed by atoms with Crippen LogP contribution in [-0.2, 0) is 15.7 Å². The van der Waals surface area contributed by atoms with Crippen molar-refractivity contribution < 1.29 is 4.79 Å². The van der Waals surface area contributed by atoms with Crippen LogP contribution in [0.4, 0.5) is 0 Å². The summed E-state index contributed by atoms with van der Waals surface area (Å²) in [6.45, 7) is 9.32. The molecule has 0 radical (unpaired) electrons. The molecule has 1 aromatic heterocycles. The number of nitrogens with two attached hydrogens (primary N) is 1. The maximum Gasteiger partial charge on any atom is 0.130 e. The Kier molecular flexibility index (Phi) is 7.05. The van der Waals surface area contributed by atoms with Crippen LogP contribution in [0.5, 0.6) is 0 Å². The van der Waals surface area contributed by atoms with Gasteiger partial charge in [0.2, 0.25) is 0 Å². The Labute approximate surface area is 205 Å². The van der Waals surface area contributed by atoms with Crippen molar-refractivity contribution in [2.45, 2.75) is 51.5 Å². The molecule has 2 unspecified atom stereocenters. The van der Waals surface area contributed by atoms with Gasteiger partial charge in [0.1, 0.15) is 11.8 Å². The van der Waals surface area contributed by atoms with Crippen molar-refractivity contribution in [2.24, 2.45) is 10.7 Å². The Bertz CT molecular complexity index is 1320. The first-order chi connectivity index (χ1) is 16.0. The smallest absolute Gasteiger partial charge is 0.130 e. The normalized spacial score (nSPS) is 14.5. The van der Waals surface area contributed by atoms with Crippen molar-refractivity contribution in [3.63, 3.8) is 0 Å². The van der Waals surface area contributed by atoms with E-state index in [2.05, 4.69) is 12.1 Å². The number of benzene rings is 2. The van der Waals surface area contributed by atoms with Crippen LogP contribution < -0.4 is 5.73 Å². The number of nitrogens with zero attached hydrogens (tertiary/aromatic N) is 3. The van der Waals surface area contributed by atoms with E-state index in [4.69, 9.17) is 10.7 Å². The molecule has 6 heteroatoms. The van der Waals surface area contributed by atoms with Crippen LogP contribution >= 0.6 is 11.3 Å². The summed E-state index contributed by atoms with van der Waals surface area (Å²) < 4.78 is 0. The first-order valence-corrected chi connectivity index (χ1v) is 11.8. The van der Waals surface area contributed by atoms with Crippen molar-refractivity contribution in [2.75, 3.05) is 0 Å². The van der Waals surface area contributed by atoms with Crippen molar-refractivity contribution in [3.05, 3.63) is 81.0 Å². The zero-order valence-electron chi connectivity index (χ0n) is 20.1. The average molecular weight is 469 g/mol. The molecular weight excluding hydrogens is 440 g/mol. The van der Waals surface area contributed by atoms with Gasteiger partial charge in [-0.1, -0.05) is 30.3 Å². The standard InChI is InChI=1S/C28H28N4OS/c1-18-10-20(14-29)12-22(11-18)23-13-26(34-16-23)28(5,32-19(2)31)25(15-33)21-6-8-24(9-7-21)27(3,4)17-30/h6-13,15-16,25H,1-5H3,(H2,31,32). The van der Waals surface area contributed by atoms with Gasteiger partial charge in [-0.25, -0.2) is 0 Å². The molecule has 3 aromatic rings. The van der Waals surface area contributed by atoms with Gasteiger partial charge in [-0.3, -0.25) is 4.99 Å². The molecule has 2 N–H and O–H groups in total. The lowest BCUT2D eigenvalue weighted by Crippen LogP contribution is -2.31. The third kappa shape index (κ3) is 4.93. The summed E-state index contributed by atoms with van der Waals surface area (Å²) in [6.07, 6.45) is 0.913. The van der Waals surface area contributed by atoms with Gasteiger partial charge in [0.25, 0.3) is 0 Å². The molecule has 0 aliphatic carbocycles. The Morgan fingerprint density at radius 1 is 1.09 bits per heavy atom. The second-order valence-electron chi connectivity index (χ2n) is 9.27. The number of carbonyl (C=O) groups is 1. The minimum Gasteiger partial charge on any atom is -0.388 e. The molecular formula is C28H28N4OS. The predicted molar refractivity (Wildman–Crippen MR) is 138 cm³/mol. The average Bonchev–Trinajstić information content (AvgIpc) is 3.30. The zero-order chi connectivity index (χ0) is 25.1. The van der Waals surface area contributed by atoms with Gasteiger partial charge in [0.05, 0.1) is 34.9 Å². The maximum atomic E-state index is 12.5. The molecule has 0 fully saturated rings. The molecule has 0 bridgehead atoms. The van der Waals surface area contributed by atoms with Gasteiger partial charge >= 0.3 is 0 Å². The molecule has 34 heavy (non-hydrogen) atoms. The number of hydrogen-bond acceptors (Lipinski definition) is 5. The molecule has 0 spiro atoms. The summed E-state index contributed by atoms with van der Waals surface area (Å²) in [6, 6.07) is 19.9. The fraction of sp³-hybridized carbons (Fsp3) is 0.286. The van der Waals surface area contributed by atoms with Crippen LogP contribution in [0.25, 0.3) is 11.1 Å². The van der Waals surface area contributed by atoms with E-state index in [1.165, 1.54) is 11.3 Å². The monoisotopic (exact) mass is 468 g/mol. The van der Waals surface area contributed by atoms with Crippen molar-refractivity contribution in [1.82, 2.24) is 0 Å². The quantitative estimate of drug-likeness (QED) is 0.262. The number of rotatable bonds is 7. The van der Waals surface area contributed by atoms with E-state index in [1.54, 1.807) is 6.92 Å². The largest absolute Gasteiger partial charge is 0.388 e. The minimum absolute atomic E-state index is 0.383. The molecule has 3 rings (SSSR count). The topological polar surface area (TPSA) is 103 Å². The summed E-state index contributed by atoms with van der Waals surface area (Å²) >= 11 is 1.51. The van der Waals surface area contributed by atoms with E-state index in [9.17, 15) is 15.3 Å². The molecule has 172 valence electrons. The highest BCUT2D eigenvalue weighted by atomic mass is 32.1. The minimum atomic E-state index is -0.919. The second-order valence-corrected chi connectivity index (χ2v) is 10.2. The number of thiophene rings is 1. The van der Waals surface area contributed by atoms with Gasteiger partial charge in [0.15, 0.2) is 0 Å². The van der Waals surface area contributed by atoms with Gasteiger partial charge in [-0.2, -0.15) is 10.5 Å². The van der Waals surface area contributed by atoms with Gasteiger partial charge < -0.3 is 10.5 Å². The summed E-state index contributed by atoms with van der Waals surface area (Å²) in [5.41, 5.74) is 9.69. The first kappa shape index (κ1) is 24.9. The lowest BCUT2D eigenvalue weighted by atomic mass is 9.78. The van der Waals surface area contributed by atoms with Gasteiger partial charge in [-0.05, 0) is 86.0 Å².